The molecule has 0 unspecified atom stereocenters. The Hall–Kier alpha value is -3.87. The zero-order chi connectivity index (χ0) is 25.2. The van der Waals surface area contributed by atoms with Crippen LogP contribution < -0.4 is 4.74 Å². The number of carbonyl (C=O) groups excluding carboxylic acids is 1. The van der Waals surface area contributed by atoms with Crippen LogP contribution in [0.2, 0.25) is 5.02 Å². The zero-order valence-electron chi connectivity index (χ0n) is 18.0. The number of hydrogen-bond donors (Lipinski definition) is 0. The van der Waals surface area contributed by atoms with Crippen molar-refractivity contribution in [3.05, 3.63) is 98.6 Å². The number of allylic oxidation sites excluding steroid dienone is 1. The molecule has 0 saturated heterocycles. The van der Waals surface area contributed by atoms with E-state index in [9.17, 15) is 23.2 Å². The minimum atomic E-state index is -4.57. The van der Waals surface area contributed by atoms with Gasteiger partial charge < -0.3 is 9.30 Å². The average molecular weight is 514 g/mol. The molecule has 4 rings (SSSR count). The third-order valence-electron chi connectivity index (χ3n) is 5.02. The van der Waals surface area contributed by atoms with Gasteiger partial charge in [-0.1, -0.05) is 11.6 Å². The Morgan fingerprint density at radius 3 is 2.51 bits per heavy atom. The van der Waals surface area contributed by atoms with Gasteiger partial charge in [-0.3, -0.25) is 4.79 Å². The second-order valence-electron chi connectivity index (χ2n) is 7.22. The van der Waals surface area contributed by atoms with Crippen LogP contribution in [0.3, 0.4) is 0 Å². The number of carbonyl (C=O) groups is 1. The number of pyridine rings is 1. The van der Waals surface area contributed by atoms with Crippen LogP contribution in [0.5, 0.6) is 5.75 Å². The van der Waals surface area contributed by atoms with E-state index in [1.165, 1.54) is 11.7 Å². The van der Waals surface area contributed by atoms with E-state index < -0.39 is 11.7 Å². The molecule has 1 aromatic carbocycles. The molecule has 0 radical (unpaired) electrons. The number of ether oxygens (including phenoxy) is 1. The number of methoxy groups -OCH3 is 1. The summed E-state index contributed by atoms with van der Waals surface area (Å²) in [4.78, 5) is 17.7. The quantitative estimate of drug-likeness (QED) is 0.207. The first-order chi connectivity index (χ1) is 16.7. The molecule has 0 bridgehead atoms. The molecule has 0 spiro atoms. The molecular formula is C25H15ClF3N3O2S. The zero-order valence-corrected chi connectivity index (χ0v) is 19.6. The summed E-state index contributed by atoms with van der Waals surface area (Å²) in [6, 6.07) is 16.3. The smallest absolute Gasteiger partial charge is 0.417 e. The summed E-state index contributed by atoms with van der Waals surface area (Å²) < 4.78 is 45.4. The molecule has 4 aromatic rings. The number of benzene rings is 1. The first-order valence-electron chi connectivity index (χ1n) is 10.0. The van der Waals surface area contributed by atoms with Crippen molar-refractivity contribution in [3.63, 3.8) is 0 Å². The number of hydrogen-bond acceptors (Lipinski definition) is 5. The lowest BCUT2D eigenvalue weighted by Gasteiger charge is -2.11. The molecule has 3 heterocycles. The highest BCUT2D eigenvalue weighted by molar-refractivity contribution is 7.15. The van der Waals surface area contributed by atoms with Crippen LogP contribution in [0.15, 0.2) is 67.0 Å². The first-order valence-corrected chi connectivity index (χ1v) is 11.2. The fourth-order valence-electron chi connectivity index (χ4n) is 3.26. The number of rotatable bonds is 6. The number of alkyl halides is 3. The van der Waals surface area contributed by atoms with E-state index in [1.807, 2.05) is 0 Å². The SMILES string of the molecule is COc1ccc(C(=O)c2ccc(C(C#N)=Cc3cccn3-c3ncc(C(F)(F)F)cc3Cl)s2)cc1. The maximum atomic E-state index is 12.9. The molecule has 35 heavy (non-hydrogen) atoms. The Labute approximate surface area is 207 Å². The third kappa shape index (κ3) is 5.14. The van der Waals surface area contributed by atoms with Crippen LogP contribution in [0.25, 0.3) is 17.5 Å². The number of thiophene rings is 1. The fraction of sp³-hybridized carbons (Fsp3) is 0.0800. The Morgan fingerprint density at radius 2 is 1.89 bits per heavy atom. The average Bonchev–Trinajstić information content (AvgIpc) is 3.51. The Kier molecular flexibility index (Phi) is 6.78. The third-order valence-corrected chi connectivity index (χ3v) is 6.41. The monoisotopic (exact) mass is 513 g/mol. The van der Waals surface area contributed by atoms with Gasteiger partial charge in [0, 0.05) is 28.5 Å². The van der Waals surface area contributed by atoms with E-state index in [2.05, 4.69) is 11.1 Å². The van der Waals surface area contributed by atoms with Crippen molar-refractivity contribution in [1.82, 2.24) is 9.55 Å². The summed E-state index contributed by atoms with van der Waals surface area (Å²) in [6.45, 7) is 0. The standard InChI is InChI=1S/C25H15ClF3N3O2S/c1-34-19-6-4-15(5-7-19)23(33)22-9-8-21(35-22)16(13-30)11-18-3-2-10-32(18)24-20(26)12-17(14-31-24)25(27,28)29/h2-12,14H,1H3. The minimum absolute atomic E-state index is 0.0924. The van der Waals surface area contributed by atoms with Gasteiger partial charge >= 0.3 is 6.18 Å². The van der Waals surface area contributed by atoms with E-state index in [-0.39, 0.29) is 22.2 Å². The van der Waals surface area contributed by atoms with Crippen molar-refractivity contribution in [2.24, 2.45) is 0 Å². The lowest BCUT2D eigenvalue weighted by molar-refractivity contribution is -0.137. The van der Waals surface area contributed by atoms with Gasteiger partial charge in [0.2, 0.25) is 5.78 Å². The van der Waals surface area contributed by atoms with Crippen molar-refractivity contribution in [1.29, 1.82) is 5.26 Å². The van der Waals surface area contributed by atoms with Gasteiger partial charge in [-0.2, -0.15) is 18.4 Å². The van der Waals surface area contributed by atoms with Crippen LogP contribution >= 0.6 is 22.9 Å². The van der Waals surface area contributed by atoms with Gasteiger partial charge in [-0.05, 0) is 60.7 Å². The fourth-order valence-corrected chi connectivity index (χ4v) is 4.45. The molecule has 0 N–H and O–H groups in total. The van der Waals surface area contributed by atoms with Crippen LogP contribution in [0.1, 0.15) is 31.4 Å². The van der Waals surface area contributed by atoms with Gasteiger partial charge in [0.05, 0.1) is 28.1 Å². The first kappa shape index (κ1) is 24.3. The Bertz CT molecular complexity index is 1460. The molecule has 0 aliphatic heterocycles. The lowest BCUT2D eigenvalue weighted by Crippen LogP contribution is -2.08. The summed E-state index contributed by atoms with van der Waals surface area (Å²) in [7, 11) is 1.54. The van der Waals surface area contributed by atoms with Gasteiger partial charge in [-0.25, -0.2) is 4.98 Å². The number of halogens is 4. The highest BCUT2D eigenvalue weighted by atomic mass is 35.5. The van der Waals surface area contributed by atoms with Crippen LogP contribution in [-0.4, -0.2) is 22.4 Å². The largest absolute Gasteiger partial charge is 0.497 e. The van der Waals surface area contributed by atoms with Crippen molar-refractivity contribution >= 4 is 40.4 Å². The van der Waals surface area contributed by atoms with Crippen LogP contribution in [-0.2, 0) is 6.18 Å². The van der Waals surface area contributed by atoms with Crippen molar-refractivity contribution < 1.29 is 22.7 Å². The molecule has 0 saturated carbocycles. The number of nitrogens with zero attached hydrogens (tertiary/aromatic N) is 3. The predicted molar refractivity (Wildman–Crippen MR) is 128 cm³/mol. The van der Waals surface area contributed by atoms with Crippen LogP contribution in [0, 0.1) is 11.3 Å². The maximum absolute atomic E-state index is 12.9. The minimum Gasteiger partial charge on any atom is -0.497 e. The van der Waals surface area contributed by atoms with E-state index in [0.29, 0.717) is 33.0 Å². The normalized spacial score (nSPS) is 11.8. The second-order valence-corrected chi connectivity index (χ2v) is 8.71. The summed E-state index contributed by atoms with van der Waals surface area (Å²) in [5.41, 5.74) is 0.276. The molecule has 3 aromatic heterocycles. The lowest BCUT2D eigenvalue weighted by atomic mass is 10.1. The summed E-state index contributed by atoms with van der Waals surface area (Å²) in [6.07, 6.45) is -0.725. The van der Waals surface area contributed by atoms with Gasteiger partial charge in [0.15, 0.2) is 5.82 Å². The Balaban J connectivity index is 1.64. The van der Waals surface area contributed by atoms with Gasteiger partial charge in [0.1, 0.15) is 11.8 Å². The van der Waals surface area contributed by atoms with E-state index in [0.717, 1.165) is 17.4 Å². The van der Waals surface area contributed by atoms with E-state index in [1.54, 1.807) is 60.8 Å². The van der Waals surface area contributed by atoms with Crippen molar-refractivity contribution in [2.45, 2.75) is 6.18 Å². The van der Waals surface area contributed by atoms with Crippen molar-refractivity contribution in [3.8, 4) is 17.6 Å². The van der Waals surface area contributed by atoms with Crippen LogP contribution in [0.4, 0.5) is 13.2 Å². The topological polar surface area (TPSA) is 67.9 Å². The molecule has 0 fully saturated rings. The second kappa shape index (κ2) is 9.78. The molecule has 0 aliphatic rings. The maximum Gasteiger partial charge on any atom is 0.417 e. The molecule has 0 atom stereocenters. The van der Waals surface area contributed by atoms with E-state index in [4.69, 9.17) is 16.3 Å². The molecule has 0 amide bonds. The molecule has 5 nitrogen and oxygen atoms in total. The van der Waals surface area contributed by atoms with Gasteiger partial charge in [0.25, 0.3) is 0 Å². The highest BCUT2D eigenvalue weighted by Crippen LogP contribution is 2.33. The summed E-state index contributed by atoms with van der Waals surface area (Å²) in [5, 5.41) is 9.57. The molecule has 10 heteroatoms. The summed E-state index contributed by atoms with van der Waals surface area (Å²) >= 11 is 7.25. The number of nitriles is 1. The molecule has 0 aliphatic carbocycles. The molecular weight excluding hydrogens is 499 g/mol. The predicted octanol–water partition coefficient (Wildman–Crippen LogP) is 6.91. The highest BCUT2D eigenvalue weighted by Gasteiger charge is 2.31. The Morgan fingerprint density at radius 1 is 1.17 bits per heavy atom. The van der Waals surface area contributed by atoms with Crippen molar-refractivity contribution in [2.75, 3.05) is 7.11 Å². The summed E-state index contributed by atoms with van der Waals surface area (Å²) in [5.74, 6) is 0.536. The molecule has 176 valence electrons. The van der Waals surface area contributed by atoms with E-state index >= 15 is 0 Å². The van der Waals surface area contributed by atoms with Gasteiger partial charge in [-0.15, -0.1) is 11.3 Å². The number of ketones is 1. The number of aromatic nitrogens is 2.